The number of benzene rings is 1. The number of hydrogen-bond donors (Lipinski definition) is 0. The lowest BCUT2D eigenvalue weighted by Crippen LogP contribution is -2.05. The summed E-state index contributed by atoms with van der Waals surface area (Å²) in [5, 5.41) is 10.8. The average Bonchev–Trinajstić information content (AvgIpc) is 2.40. The summed E-state index contributed by atoms with van der Waals surface area (Å²) in [5.74, 6) is 4.34. The van der Waals surface area contributed by atoms with Gasteiger partial charge in [-0.25, -0.2) is 0 Å². The monoisotopic (exact) mass is 253 g/mol. The summed E-state index contributed by atoms with van der Waals surface area (Å²) in [4.78, 5) is 32.8. The lowest BCUT2D eigenvalue weighted by molar-refractivity contribution is -0.385. The summed E-state index contributed by atoms with van der Waals surface area (Å²) >= 11 is 0. The van der Waals surface area contributed by atoms with Crippen LogP contribution in [0, 0.1) is 22.0 Å². The molecule has 0 saturated heterocycles. The molecule has 1 aliphatic rings. The van der Waals surface area contributed by atoms with Gasteiger partial charge in [0.15, 0.2) is 11.6 Å². The Balaban J connectivity index is 2.38. The molecule has 5 nitrogen and oxygen atoms in total. The highest BCUT2D eigenvalue weighted by atomic mass is 16.6. The molecule has 0 saturated carbocycles. The fraction of sp³-hybridized carbons (Fsp3) is 0. The molecule has 0 aliphatic heterocycles. The molecule has 0 aromatic heterocycles. The van der Waals surface area contributed by atoms with Gasteiger partial charge in [0.25, 0.3) is 5.69 Å². The molecule has 0 spiro atoms. The second-order valence-electron chi connectivity index (χ2n) is 3.68. The van der Waals surface area contributed by atoms with Crippen LogP contribution >= 0.6 is 0 Å². The van der Waals surface area contributed by atoms with E-state index in [-0.39, 0.29) is 28.4 Å². The van der Waals surface area contributed by atoms with E-state index in [1.54, 1.807) is 6.07 Å². The fourth-order valence-electron chi connectivity index (χ4n) is 1.48. The molecule has 1 aromatic carbocycles. The summed E-state index contributed by atoms with van der Waals surface area (Å²) in [6.07, 6.45) is 3.40. The van der Waals surface area contributed by atoms with E-state index in [2.05, 4.69) is 11.8 Å². The van der Waals surface area contributed by atoms with Crippen molar-refractivity contribution in [2.75, 3.05) is 0 Å². The summed E-state index contributed by atoms with van der Waals surface area (Å²) in [7, 11) is 0. The predicted molar refractivity (Wildman–Crippen MR) is 67.2 cm³/mol. The first-order valence-corrected chi connectivity index (χ1v) is 5.31. The zero-order valence-corrected chi connectivity index (χ0v) is 9.62. The Morgan fingerprint density at radius 2 is 1.79 bits per heavy atom. The van der Waals surface area contributed by atoms with Crippen molar-refractivity contribution in [1.82, 2.24) is 0 Å². The number of carbonyl (C=O) groups excluding carboxylic acids is 2. The number of nitrogens with zero attached hydrogens (tertiary/aromatic N) is 1. The SMILES string of the molecule is O=C1C=CC(=O)C(C#Cc2ccccc2[N+](=O)[O-])=C1. The molecule has 1 aromatic rings. The van der Waals surface area contributed by atoms with Crippen molar-refractivity contribution in [2.24, 2.45) is 0 Å². The molecule has 0 fully saturated rings. The Morgan fingerprint density at radius 3 is 2.53 bits per heavy atom. The van der Waals surface area contributed by atoms with Crippen LogP contribution in [-0.4, -0.2) is 16.5 Å². The number of carbonyl (C=O) groups is 2. The Bertz CT molecular complexity index is 702. The van der Waals surface area contributed by atoms with Gasteiger partial charge in [-0.3, -0.25) is 19.7 Å². The van der Waals surface area contributed by atoms with E-state index >= 15 is 0 Å². The second kappa shape index (κ2) is 5.10. The standard InChI is InChI=1S/C14H7NO4/c16-12-7-8-14(17)11(9-12)6-5-10-3-1-2-4-13(10)15(18)19/h1-4,7-9H. The van der Waals surface area contributed by atoms with E-state index < -0.39 is 4.92 Å². The molecule has 0 atom stereocenters. The van der Waals surface area contributed by atoms with Crippen molar-refractivity contribution in [2.45, 2.75) is 0 Å². The number of rotatable bonds is 1. The Kier molecular flexibility index (Phi) is 3.35. The maximum Gasteiger partial charge on any atom is 0.284 e. The van der Waals surface area contributed by atoms with Gasteiger partial charge in [0.05, 0.1) is 10.5 Å². The normalized spacial score (nSPS) is 13.6. The molecule has 0 unspecified atom stereocenters. The Hall–Kier alpha value is -3.00. The van der Waals surface area contributed by atoms with Crippen LogP contribution in [0.15, 0.2) is 48.1 Å². The molecule has 0 N–H and O–H groups in total. The summed E-state index contributed by atoms with van der Waals surface area (Å²) in [6.45, 7) is 0. The summed E-state index contributed by atoms with van der Waals surface area (Å²) < 4.78 is 0. The van der Waals surface area contributed by atoms with Crippen molar-refractivity contribution in [1.29, 1.82) is 0 Å². The van der Waals surface area contributed by atoms with Crippen molar-refractivity contribution in [3.63, 3.8) is 0 Å². The van der Waals surface area contributed by atoms with E-state index in [9.17, 15) is 19.7 Å². The molecule has 19 heavy (non-hydrogen) atoms. The van der Waals surface area contributed by atoms with Crippen molar-refractivity contribution in [3.05, 3.63) is 63.7 Å². The maximum atomic E-state index is 11.4. The lowest BCUT2D eigenvalue weighted by Gasteiger charge is -1.98. The largest absolute Gasteiger partial charge is 0.290 e. The van der Waals surface area contributed by atoms with Gasteiger partial charge in [-0.1, -0.05) is 24.0 Å². The van der Waals surface area contributed by atoms with Gasteiger partial charge < -0.3 is 0 Å². The van der Waals surface area contributed by atoms with Crippen LogP contribution in [0.1, 0.15) is 5.56 Å². The van der Waals surface area contributed by atoms with Gasteiger partial charge in [0, 0.05) is 12.1 Å². The Labute approximate surface area is 108 Å². The molecular formula is C14H7NO4. The average molecular weight is 253 g/mol. The number of nitro groups is 1. The molecule has 2 rings (SSSR count). The van der Waals surface area contributed by atoms with Crippen LogP contribution in [0.3, 0.4) is 0 Å². The maximum absolute atomic E-state index is 11.4. The van der Waals surface area contributed by atoms with Crippen LogP contribution in [0.5, 0.6) is 0 Å². The third kappa shape index (κ3) is 2.82. The summed E-state index contributed by atoms with van der Waals surface area (Å²) in [5.41, 5.74) is 0.0922. The van der Waals surface area contributed by atoms with Gasteiger partial charge in [0.1, 0.15) is 5.56 Å². The molecule has 1 aliphatic carbocycles. The van der Waals surface area contributed by atoms with Crippen LogP contribution in [-0.2, 0) is 9.59 Å². The van der Waals surface area contributed by atoms with E-state index in [0.29, 0.717) is 0 Å². The third-order valence-electron chi connectivity index (χ3n) is 2.38. The minimum Gasteiger partial charge on any atom is -0.290 e. The fourth-order valence-corrected chi connectivity index (χ4v) is 1.48. The lowest BCUT2D eigenvalue weighted by atomic mass is 10.0. The number of para-hydroxylation sites is 1. The van der Waals surface area contributed by atoms with E-state index in [0.717, 1.165) is 18.2 Å². The second-order valence-corrected chi connectivity index (χ2v) is 3.68. The highest BCUT2D eigenvalue weighted by Gasteiger charge is 2.12. The predicted octanol–water partition coefficient (Wildman–Crippen LogP) is 1.58. The van der Waals surface area contributed by atoms with Gasteiger partial charge >= 0.3 is 0 Å². The Morgan fingerprint density at radius 1 is 1.05 bits per heavy atom. The van der Waals surface area contributed by atoms with Gasteiger partial charge in [0.2, 0.25) is 0 Å². The van der Waals surface area contributed by atoms with Crippen LogP contribution in [0.4, 0.5) is 5.69 Å². The number of ketones is 2. The van der Waals surface area contributed by atoms with Crippen LogP contribution < -0.4 is 0 Å². The smallest absolute Gasteiger partial charge is 0.284 e. The number of hydrogen-bond acceptors (Lipinski definition) is 4. The highest BCUT2D eigenvalue weighted by molar-refractivity contribution is 6.19. The number of nitro benzene ring substituents is 1. The van der Waals surface area contributed by atoms with Gasteiger partial charge in [-0.15, -0.1) is 0 Å². The zero-order valence-electron chi connectivity index (χ0n) is 9.62. The first-order valence-electron chi connectivity index (χ1n) is 5.31. The first-order chi connectivity index (χ1) is 9.08. The van der Waals surface area contributed by atoms with Gasteiger partial charge in [-0.05, 0) is 18.2 Å². The van der Waals surface area contributed by atoms with Crippen molar-refractivity contribution in [3.8, 4) is 11.8 Å². The molecule has 5 heteroatoms. The minimum absolute atomic E-state index is 0.0330. The molecule has 92 valence electrons. The van der Waals surface area contributed by atoms with Gasteiger partial charge in [-0.2, -0.15) is 0 Å². The molecule has 0 bridgehead atoms. The van der Waals surface area contributed by atoms with Crippen LogP contribution in [0.2, 0.25) is 0 Å². The topological polar surface area (TPSA) is 77.3 Å². The van der Waals surface area contributed by atoms with E-state index in [4.69, 9.17) is 0 Å². The highest BCUT2D eigenvalue weighted by Crippen LogP contribution is 2.16. The van der Waals surface area contributed by atoms with Crippen LogP contribution in [0.25, 0.3) is 0 Å². The molecule has 0 radical (unpaired) electrons. The molecule has 0 heterocycles. The summed E-state index contributed by atoms with van der Waals surface area (Å²) in [6, 6.07) is 5.95. The number of allylic oxidation sites excluding steroid dienone is 4. The molecule has 0 amide bonds. The van der Waals surface area contributed by atoms with E-state index in [1.807, 2.05) is 0 Å². The quantitative estimate of drug-likeness (QED) is 0.329. The van der Waals surface area contributed by atoms with Crippen molar-refractivity contribution >= 4 is 17.3 Å². The third-order valence-corrected chi connectivity index (χ3v) is 2.38. The van der Waals surface area contributed by atoms with E-state index in [1.165, 1.54) is 18.2 Å². The first kappa shape index (κ1) is 12.5. The zero-order chi connectivity index (χ0) is 13.8. The molecular weight excluding hydrogens is 246 g/mol. The van der Waals surface area contributed by atoms with Crippen molar-refractivity contribution < 1.29 is 14.5 Å². The minimum atomic E-state index is -0.549.